The van der Waals surface area contributed by atoms with Crippen molar-refractivity contribution in [3.63, 3.8) is 0 Å². The van der Waals surface area contributed by atoms with Gasteiger partial charge in [0.1, 0.15) is 6.33 Å². The average molecular weight is 395 g/mol. The van der Waals surface area contributed by atoms with Gasteiger partial charge in [-0.2, -0.15) is 5.10 Å². The maximum absolute atomic E-state index is 12.8. The van der Waals surface area contributed by atoms with Crippen molar-refractivity contribution in [2.24, 2.45) is 0 Å². The molecule has 3 aromatic rings. The molecule has 7 nitrogen and oxygen atoms in total. The number of nitrogens with one attached hydrogen (secondary N) is 1. The van der Waals surface area contributed by atoms with Crippen molar-refractivity contribution >= 4 is 17.7 Å². The van der Waals surface area contributed by atoms with Crippen molar-refractivity contribution in [1.82, 2.24) is 30.0 Å². The number of aromatic amines is 1. The smallest absolute Gasteiger partial charge is 0.253 e. The third kappa shape index (κ3) is 4.76. The van der Waals surface area contributed by atoms with Gasteiger partial charge in [-0.25, -0.2) is 4.98 Å². The number of H-pyrrole nitrogens is 1. The molecule has 8 heteroatoms. The van der Waals surface area contributed by atoms with Crippen LogP contribution in [0.2, 0.25) is 0 Å². The summed E-state index contributed by atoms with van der Waals surface area (Å²) in [5, 5.41) is 7.47. The minimum Gasteiger partial charge on any atom is -0.336 e. The Bertz CT molecular complexity index is 877. The lowest BCUT2D eigenvalue weighted by molar-refractivity contribution is 0.0628. The first-order valence-electron chi connectivity index (χ1n) is 9.25. The van der Waals surface area contributed by atoms with Crippen molar-refractivity contribution < 1.29 is 4.79 Å². The van der Waals surface area contributed by atoms with Crippen LogP contribution in [0.4, 0.5) is 0 Å². The van der Waals surface area contributed by atoms with Crippen LogP contribution < -0.4 is 0 Å². The van der Waals surface area contributed by atoms with Crippen LogP contribution in [0.5, 0.6) is 0 Å². The predicted molar refractivity (Wildman–Crippen MR) is 108 cm³/mol. The molecule has 2 aromatic heterocycles. The monoisotopic (exact) mass is 394 g/mol. The Balaban J connectivity index is 1.27. The van der Waals surface area contributed by atoms with Crippen molar-refractivity contribution in [3.8, 4) is 0 Å². The number of piperazine rings is 1. The van der Waals surface area contributed by atoms with E-state index in [1.54, 1.807) is 11.8 Å². The van der Waals surface area contributed by atoms with Gasteiger partial charge in [-0.1, -0.05) is 23.9 Å². The SMILES string of the molecule is O=C(c1ccc(CSc2ncn[nH]2)cc1)N1CCN(Cc2ccncc2)CC1. The first-order valence-corrected chi connectivity index (χ1v) is 10.2. The van der Waals surface area contributed by atoms with E-state index in [0.29, 0.717) is 0 Å². The lowest BCUT2D eigenvalue weighted by atomic mass is 10.1. The summed E-state index contributed by atoms with van der Waals surface area (Å²) in [7, 11) is 0. The number of hydrogen-bond acceptors (Lipinski definition) is 6. The fraction of sp³-hybridized carbons (Fsp3) is 0.300. The topological polar surface area (TPSA) is 78.0 Å². The molecule has 1 saturated heterocycles. The second-order valence-corrected chi connectivity index (χ2v) is 7.66. The van der Waals surface area contributed by atoms with Crippen LogP contribution in [0.25, 0.3) is 0 Å². The van der Waals surface area contributed by atoms with Crippen molar-refractivity contribution in [2.45, 2.75) is 17.5 Å². The average Bonchev–Trinajstić information content (AvgIpc) is 3.27. The van der Waals surface area contributed by atoms with E-state index in [4.69, 9.17) is 0 Å². The van der Waals surface area contributed by atoms with E-state index < -0.39 is 0 Å². The third-order valence-electron chi connectivity index (χ3n) is 4.78. The number of nitrogens with zero attached hydrogens (tertiary/aromatic N) is 5. The van der Waals surface area contributed by atoms with Crippen LogP contribution in [0.3, 0.4) is 0 Å². The van der Waals surface area contributed by atoms with Gasteiger partial charge in [0.2, 0.25) is 0 Å². The highest BCUT2D eigenvalue weighted by Gasteiger charge is 2.22. The van der Waals surface area contributed by atoms with Gasteiger partial charge in [-0.15, -0.1) is 0 Å². The molecule has 1 aliphatic heterocycles. The number of pyridine rings is 1. The lowest BCUT2D eigenvalue weighted by Gasteiger charge is -2.34. The van der Waals surface area contributed by atoms with Gasteiger partial charge in [-0.05, 0) is 35.4 Å². The van der Waals surface area contributed by atoms with Gasteiger partial charge in [-0.3, -0.25) is 19.8 Å². The standard InChI is InChI=1S/C20H22N6OS/c27-19(18-3-1-17(2-4-18)14-28-20-22-15-23-24-20)26-11-9-25(10-12-26)13-16-5-7-21-8-6-16/h1-8,15H,9-14H2,(H,22,23,24). The molecule has 1 fully saturated rings. The molecule has 0 bridgehead atoms. The molecule has 144 valence electrons. The maximum Gasteiger partial charge on any atom is 0.253 e. The highest BCUT2D eigenvalue weighted by Crippen LogP contribution is 2.19. The van der Waals surface area contributed by atoms with Gasteiger partial charge in [0.15, 0.2) is 5.16 Å². The number of hydrogen-bond donors (Lipinski definition) is 1. The predicted octanol–water partition coefficient (Wildman–Crippen LogP) is 2.45. The van der Waals surface area contributed by atoms with Crippen molar-refractivity contribution in [2.75, 3.05) is 26.2 Å². The number of carbonyl (C=O) groups is 1. The van der Waals surface area contributed by atoms with E-state index in [-0.39, 0.29) is 5.91 Å². The minimum absolute atomic E-state index is 0.109. The highest BCUT2D eigenvalue weighted by atomic mass is 32.2. The van der Waals surface area contributed by atoms with Crippen molar-refractivity contribution in [3.05, 3.63) is 71.8 Å². The molecule has 1 aliphatic rings. The molecule has 0 radical (unpaired) electrons. The van der Waals surface area contributed by atoms with Crippen LogP contribution in [0.15, 0.2) is 60.3 Å². The zero-order valence-electron chi connectivity index (χ0n) is 15.5. The second kappa shape index (κ2) is 8.99. The molecule has 0 saturated carbocycles. The van der Waals surface area contributed by atoms with Crippen LogP contribution in [-0.2, 0) is 12.3 Å². The fourth-order valence-corrected chi connectivity index (χ4v) is 3.93. The Labute approximate surface area is 168 Å². The number of rotatable bonds is 6. The fourth-order valence-electron chi connectivity index (χ4n) is 3.20. The summed E-state index contributed by atoms with van der Waals surface area (Å²) < 4.78 is 0. The summed E-state index contributed by atoms with van der Waals surface area (Å²) in [5.41, 5.74) is 3.16. The first kappa shape index (κ1) is 18.6. The molecule has 0 unspecified atom stereocenters. The zero-order chi connectivity index (χ0) is 19.2. The Kier molecular flexibility index (Phi) is 5.98. The minimum atomic E-state index is 0.109. The number of carbonyl (C=O) groups excluding carboxylic acids is 1. The van der Waals surface area contributed by atoms with Crippen LogP contribution in [0.1, 0.15) is 21.5 Å². The quantitative estimate of drug-likeness (QED) is 0.647. The van der Waals surface area contributed by atoms with E-state index in [1.165, 1.54) is 11.9 Å². The summed E-state index contributed by atoms with van der Waals surface area (Å²) in [5.74, 6) is 0.898. The number of amides is 1. The number of thioether (sulfide) groups is 1. The summed E-state index contributed by atoms with van der Waals surface area (Å²) in [6, 6.07) is 11.9. The summed E-state index contributed by atoms with van der Waals surface area (Å²) in [6.07, 6.45) is 5.15. The van der Waals surface area contributed by atoms with Gasteiger partial charge < -0.3 is 4.90 Å². The number of benzene rings is 1. The van der Waals surface area contributed by atoms with E-state index >= 15 is 0 Å². The van der Waals surface area contributed by atoms with E-state index in [1.807, 2.05) is 53.7 Å². The first-order chi connectivity index (χ1) is 13.8. The summed E-state index contributed by atoms with van der Waals surface area (Å²) >= 11 is 1.59. The molecule has 3 heterocycles. The van der Waals surface area contributed by atoms with Gasteiger partial charge in [0, 0.05) is 56.4 Å². The largest absolute Gasteiger partial charge is 0.336 e. The van der Waals surface area contributed by atoms with Crippen LogP contribution in [0, 0.1) is 0 Å². The molecule has 4 rings (SSSR count). The molecule has 0 aliphatic carbocycles. The van der Waals surface area contributed by atoms with Crippen LogP contribution in [-0.4, -0.2) is 62.1 Å². The molecule has 1 amide bonds. The molecular weight excluding hydrogens is 372 g/mol. The normalized spacial score (nSPS) is 14.9. The number of aromatic nitrogens is 4. The highest BCUT2D eigenvalue weighted by molar-refractivity contribution is 7.98. The zero-order valence-corrected chi connectivity index (χ0v) is 16.3. The Morgan fingerprint density at radius 2 is 1.75 bits per heavy atom. The Morgan fingerprint density at radius 1 is 1.00 bits per heavy atom. The Hall–Kier alpha value is -2.71. The van der Waals surface area contributed by atoms with E-state index in [0.717, 1.165) is 54.8 Å². The van der Waals surface area contributed by atoms with Gasteiger partial charge in [0.05, 0.1) is 0 Å². The molecule has 1 N–H and O–H groups in total. The van der Waals surface area contributed by atoms with Gasteiger partial charge in [0.25, 0.3) is 5.91 Å². The molecule has 28 heavy (non-hydrogen) atoms. The Morgan fingerprint density at radius 3 is 2.43 bits per heavy atom. The lowest BCUT2D eigenvalue weighted by Crippen LogP contribution is -2.48. The molecule has 0 spiro atoms. The summed E-state index contributed by atoms with van der Waals surface area (Å²) in [4.78, 5) is 25.3. The van der Waals surface area contributed by atoms with Crippen LogP contribution >= 0.6 is 11.8 Å². The van der Waals surface area contributed by atoms with Crippen molar-refractivity contribution in [1.29, 1.82) is 0 Å². The van der Waals surface area contributed by atoms with Gasteiger partial charge >= 0.3 is 0 Å². The molecule has 0 atom stereocenters. The maximum atomic E-state index is 12.8. The van der Waals surface area contributed by atoms with E-state index in [2.05, 4.69) is 25.1 Å². The molecule has 1 aromatic carbocycles. The third-order valence-corrected chi connectivity index (χ3v) is 5.73. The van der Waals surface area contributed by atoms with E-state index in [9.17, 15) is 4.79 Å². The second-order valence-electron chi connectivity index (χ2n) is 6.70. The molecular formula is C20H22N6OS. The summed E-state index contributed by atoms with van der Waals surface area (Å²) in [6.45, 7) is 4.20.